The summed E-state index contributed by atoms with van der Waals surface area (Å²) >= 11 is 0. The molecular weight excluding hydrogens is 294 g/mol. The van der Waals surface area contributed by atoms with Gasteiger partial charge in [0.2, 0.25) is 10.0 Å². The average Bonchev–Trinajstić information content (AvgIpc) is 2.87. The molecule has 2 rings (SSSR count). The Bertz CT molecular complexity index is 679. The van der Waals surface area contributed by atoms with Gasteiger partial charge in [-0.25, -0.2) is 13.1 Å². The average molecular weight is 311 g/mol. The van der Waals surface area contributed by atoms with Gasteiger partial charge in [-0.05, 0) is 19.1 Å². The summed E-state index contributed by atoms with van der Waals surface area (Å²) in [5, 5.41) is 8.95. The van der Waals surface area contributed by atoms with Crippen LogP contribution < -0.4 is 9.46 Å². The Morgan fingerprint density at radius 3 is 2.62 bits per heavy atom. The molecule has 1 aromatic carbocycles. The zero-order chi connectivity index (χ0) is 15.3. The summed E-state index contributed by atoms with van der Waals surface area (Å²) in [7, 11) is -3.67. The molecule has 0 fully saturated rings. The lowest BCUT2D eigenvalue weighted by Gasteiger charge is -2.07. The van der Waals surface area contributed by atoms with Crippen LogP contribution in [-0.2, 0) is 16.6 Å². The van der Waals surface area contributed by atoms with Crippen LogP contribution in [0.3, 0.4) is 0 Å². The Hall–Kier alpha value is -1.83. The topological polar surface area (TPSA) is 88.8 Å². The Morgan fingerprint density at radius 2 is 2.00 bits per heavy atom. The van der Waals surface area contributed by atoms with E-state index in [1.807, 2.05) is 18.2 Å². The molecule has 0 aliphatic heterocycles. The largest absolute Gasteiger partial charge is 0.492 e. The second-order valence-corrected chi connectivity index (χ2v) is 6.09. The summed E-state index contributed by atoms with van der Waals surface area (Å²) in [4.78, 5) is 0.0336. The summed E-state index contributed by atoms with van der Waals surface area (Å²) in [5.41, 5.74) is 0. The molecule has 1 heterocycles. The maximum absolute atomic E-state index is 12.1. The van der Waals surface area contributed by atoms with E-state index in [0.29, 0.717) is 5.75 Å². The SMILES string of the molecule is Cc1oc(CO)cc1S(=O)(=O)NCCOc1ccccc1. The Morgan fingerprint density at radius 1 is 1.29 bits per heavy atom. The van der Waals surface area contributed by atoms with Crippen molar-refractivity contribution in [3.63, 3.8) is 0 Å². The number of hydrogen-bond acceptors (Lipinski definition) is 5. The van der Waals surface area contributed by atoms with Gasteiger partial charge in [0.1, 0.15) is 35.4 Å². The van der Waals surface area contributed by atoms with Crippen molar-refractivity contribution in [2.75, 3.05) is 13.2 Å². The first-order valence-corrected chi connectivity index (χ1v) is 7.89. The van der Waals surface area contributed by atoms with Crippen molar-refractivity contribution >= 4 is 10.0 Å². The molecule has 0 bridgehead atoms. The predicted molar refractivity (Wildman–Crippen MR) is 76.5 cm³/mol. The van der Waals surface area contributed by atoms with E-state index < -0.39 is 10.0 Å². The summed E-state index contributed by atoms with van der Waals surface area (Å²) < 4.78 is 37.1. The number of para-hydroxylation sites is 1. The predicted octanol–water partition coefficient (Wildman–Crippen LogP) is 1.44. The molecule has 0 amide bonds. The van der Waals surface area contributed by atoms with Gasteiger partial charge in [-0.2, -0.15) is 0 Å². The maximum atomic E-state index is 12.1. The van der Waals surface area contributed by atoms with Crippen molar-refractivity contribution in [2.45, 2.75) is 18.4 Å². The molecule has 0 atom stereocenters. The zero-order valence-electron chi connectivity index (χ0n) is 11.6. The van der Waals surface area contributed by atoms with E-state index in [0.717, 1.165) is 0 Å². The second kappa shape index (κ2) is 6.75. The lowest BCUT2D eigenvalue weighted by molar-refractivity contribution is 0.244. The smallest absolute Gasteiger partial charge is 0.244 e. The molecule has 0 saturated carbocycles. The number of ether oxygens (including phenoxy) is 1. The van der Waals surface area contributed by atoms with Crippen molar-refractivity contribution in [2.24, 2.45) is 0 Å². The normalized spacial score (nSPS) is 11.5. The van der Waals surface area contributed by atoms with E-state index >= 15 is 0 Å². The van der Waals surface area contributed by atoms with Crippen molar-refractivity contribution in [3.05, 3.63) is 47.9 Å². The Kier molecular flexibility index (Phi) is 5.00. The number of benzene rings is 1. The molecule has 0 spiro atoms. The fourth-order valence-corrected chi connectivity index (χ4v) is 3.02. The van der Waals surface area contributed by atoms with Crippen molar-refractivity contribution in [1.82, 2.24) is 4.72 Å². The fraction of sp³-hybridized carbons (Fsp3) is 0.286. The van der Waals surface area contributed by atoms with Crippen LogP contribution in [0, 0.1) is 6.92 Å². The number of aryl methyl sites for hydroxylation is 1. The summed E-state index contributed by atoms with van der Waals surface area (Å²) in [5.74, 6) is 1.14. The molecule has 2 aromatic rings. The van der Waals surface area contributed by atoms with Crippen LogP contribution in [0.4, 0.5) is 0 Å². The van der Waals surface area contributed by atoms with E-state index in [4.69, 9.17) is 14.3 Å². The van der Waals surface area contributed by atoms with Gasteiger partial charge in [0.15, 0.2) is 0 Å². The fourth-order valence-electron chi connectivity index (χ4n) is 1.81. The van der Waals surface area contributed by atoms with Gasteiger partial charge in [0.25, 0.3) is 0 Å². The van der Waals surface area contributed by atoms with Crippen LogP contribution in [0.2, 0.25) is 0 Å². The Balaban J connectivity index is 1.91. The number of furan rings is 1. The highest BCUT2D eigenvalue weighted by Gasteiger charge is 2.20. The molecule has 0 saturated heterocycles. The molecular formula is C14H17NO5S. The van der Waals surface area contributed by atoms with Crippen molar-refractivity contribution in [3.8, 4) is 5.75 Å². The lowest BCUT2D eigenvalue weighted by Crippen LogP contribution is -2.28. The van der Waals surface area contributed by atoms with Gasteiger partial charge in [-0.1, -0.05) is 18.2 Å². The summed E-state index contributed by atoms with van der Waals surface area (Å²) in [6, 6.07) is 10.5. The number of sulfonamides is 1. The van der Waals surface area contributed by atoms with Crippen LogP contribution in [0.25, 0.3) is 0 Å². The molecule has 0 radical (unpaired) electrons. The van der Waals surface area contributed by atoms with Gasteiger partial charge in [0, 0.05) is 12.6 Å². The van der Waals surface area contributed by atoms with Gasteiger partial charge in [-0.15, -0.1) is 0 Å². The van der Waals surface area contributed by atoms with Crippen LogP contribution in [0.1, 0.15) is 11.5 Å². The number of aliphatic hydroxyl groups is 1. The first-order chi connectivity index (χ1) is 10.0. The van der Waals surface area contributed by atoms with Crippen molar-refractivity contribution < 1.29 is 22.7 Å². The molecule has 0 aliphatic carbocycles. The molecule has 21 heavy (non-hydrogen) atoms. The molecule has 6 nitrogen and oxygen atoms in total. The minimum absolute atomic E-state index is 0.0336. The van der Waals surface area contributed by atoms with Crippen LogP contribution >= 0.6 is 0 Å². The van der Waals surface area contributed by atoms with Gasteiger partial charge in [-0.3, -0.25) is 0 Å². The highest BCUT2D eigenvalue weighted by Crippen LogP contribution is 2.19. The van der Waals surface area contributed by atoms with E-state index in [2.05, 4.69) is 4.72 Å². The Labute approximate surface area is 123 Å². The second-order valence-electron chi connectivity index (χ2n) is 4.35. The van der Waals surface area contributed by atoms with E-state index in [1.165, 1.54) is 13.0 Å². The standard InChI is InChI=1S/C14H17NO5S/c1-11-14(9-13(10-16)20-11)21(17,18)15-7-8-19-12-5-3-2-4-6-12/h2-6,9,15-16H,7-8,10H2,1H3. The molecule has 2 N–H and O–H groups in total. The van der Waals surface area contributed by atoms with Gasteiger partial charge in [0.05, 0.1) is 0 Å². The maximum Gasteiger partial charge on any atom is 0.244 e. The number of nitrogens with one attached hydrogen (secondary N) is 1. The third-order valence-corrected chi connectivity index (χ3v) is 4.34. The molecule has 0 unspecified atom stereocenters. The third-order valence-electron chi connectivity index (χ3n) is 2.77. The van der Waals surface area contributed by atoms with Gasteiger partial charge < -0.3 is 14.3 Å². The quantitative estimate of drug-likeness (QED) is 0.755. The zero-order valence-corrected chi connectivity index (χ0v) is 12.4. The van der Waals surface area contributed by atoms with Crippen LogP contribution in [0.5, 0.6) is 5.75 Å². The summed E-state index contributed by atoms with van der Waals surface area (Å²) in [6.45, 7) is 1.55. The lowest BCUT2D eigenvalue weighted by atomic mass is 10.3. The van der Waals surface area contributed by atoms with Crippen LogP contribution in [-0.4, -0.2) is 26.7 Å². The third kappa shape index (κ3) is 4.07. The van der Waals surface area contributed by atoms with E-state index in [9.17, 15) is 8.42 Å². The van der Waals surface area contributed by atoms with Gasteiger partial charge >= 0.3 is 0 Å². The molecule has 0 aliphatic rings. The first-order valence-electron chi connectivity index (χ1n) is 6.40. The van der Waals surface area contributed by atoms with E-state index in [1.54, 1.807) is 12.1 Å². The van der Waals surface area contributed by atoms with Crippen molar-refractivity contribution in [1.29, 1.82) is 0 Å². The van der Waals surface area contributed by atoms with E-state index in [-0.39, 0.29) is 36.2 Å². The molecule has 114 valence electrons. The number of aliphatic hydroxyl groups excluding tert-OH is 1. The molecule has 1 aromatic heterocycles. The minimum Gasteiger partial charge on any atom is -0.492 e. The number of hydrogen-bond donors (Lipinski definition) is 2. The van der Waals surface area contributed by atoms with Crippen LogP contribution in [0.15, 0.2) is 45.7 Å². The number of rotatable bonds is 7. The highest BCUT2D eigenvalue weighted by atomic mass is 32.2. The molecule has 7 heteroatoms. The monoisotopic (exact) mass is 311 g/mol. The first kappa shape index (κ1) is 15.6. The summed E-state index contributed by atoms with van der Waals surface area (Å²) in [6.07, 6.45) is 0. The highest BCUT2D eigenvalue weighted by molar-refractivity contribution is 7.89. The minimum atomic E-state index is -3.67.